The summed E-state index contributed by atoms with van der Waals surface area (Å²) in [5.74, 6) is -3.10. The van der Waals surface area contributed by atoms with E-state index in [9.17, 15) is 32.7 Å². The van der Waals surface area contributed by atoms with Crippen LogP contribution in [-0.4, -0.2) is 127 Å². The number of aromatic nitrogens is 1. The number of hydrogen-bond acceptors (Lipinski definition) is 11. The van der Waals surface area contributed by atoms with E-state index in [-0.39, 0.29) is 50.4 Å². The number of nitrogens with zero attached hydrogens (tertiary/aromatic N) is 5. The smallest absolute Gasteiger partial charge is 0.324 e. The molecule has 380 valence electrons. The number of hydrogen-bond donors (Lipinski definition) is 3. The molecule has 70 heavy (non-hydrogen) atoms. The van der Waals surface area contributed by atoms with E-state index in [2.05, 4.69) is 54.8 Å². The second-order valence-corrected chi connectivity index (χ2v) is 22.0. The highest BCUT2D eigenvalue weighted by Gasteiger charge is 2.41. The molecule has 0 radical (unpaired) electrons. The number of methoxy groups -OCH3 is 1. The molecule has 3 amide bonds. The average molecular weight is 984 g/mol. The number of esters is 1. The first-order valence-corrected chi connectivity index (χ1v) is 25.9. The van der Waals surface area contributed by atoms with E-state index in [1.807, 2.05) is 32.1 Å². The Morgan fingerprint density at radius 3 is 2.47 bits per heavy atom. The van der Waals surface area contributed by atoms with Gasteiger partial charge in [0.05, 0.1) is 30.0 Å². The summed E-state index contributed by atoms with van der Waals surface area (Å²) in [6.45, 7) is 22.3. The Balaban J connectivity index is 1.45. The molecule has 0 spiro atoms. The predicted molar refractivity (Wildman–Crippen MR) is 274 cm³/mol. The van der Waals surface area contributed by atoms with Gasteiger partial charge >= 0.3 is 5.97 Å². The molecule has 0 saturated carbocycles. The first-order chi connectivity index (χ1) is 33.0. The number of aryl methyl sites for hydroxylation is 1. The lowest BCUT2D eigenvalue weighted by atomic mass is 9.84. The monoisotopic (exact) mass is 984 g/mol. The van der Waals surface area contributed by atoms with Crippen molar-refractivity contribution in [2.75, 3.05) is 40.4 Å². The quantitative estimate of drug-likeness (QED) is 0.0937. The zero-order valence-corrected chi connectivity index (χ0v) is 43.6. The van der Waals surface area contributed by atoms with Gasteiger partial charge in [-0.15, -0.1) is 0 Å². The Bertz CT molecular complexity index is 2700. The van der Waals surface area contributed by atoms with Gasteiger partial charge in [0.1, 0.15) is 23.9 Å². The van der Waals surface area contributed by atoms with Gasteiger partial charge in [0.25, 0.3) is 5.91 Å². The molecule has 3 aliphatic heterocycles. The number of allylic oxidation sites excluding steroid dienone is 3. The topological polar surface area (TPSA) is 192 Å². The van der Waals surface area contributed by atoms with Gasteiger partial charge in [-0.05, 0) is 113 Å². The van der Waals surface area contributed by atoms with Crippen LogP contribution in [0, 0.1) is 17.3 Å². The largest absolute Gasteiger partial charge is 0.508 e. The van der Waals surface area contributed by atoms with Crippen LogP contribution in [-0.2, 0) is 58.1 Å². The summed E-state index contributed by atoms with van der Waals surface area (Å²) in [6, 6.07) is 8.19. The van der Waals surface area contributed by atoms with E-state index in [0.29, 0.717) is 54.6 Å². The van der Waals surface area contributed by atoms with Crippen molar-refractivity contribution in [2.45, 2.75) is 125 Å². The van der Waals surface area contributed by atoms with Crippen LogP contribution in [0.2, 0.25) is 0 Å². The number of hydrazine groups is 1. The third-order valence-corrected chi connectivity index (χ3v) is 15.3. The normalized spacial score (nSPS) is 21.5. The van der Waals surface area contributed by atoms with Crippen molar-refractivity contribution in [1.29, 1.82) is 0 Å². The summed E-state index contributed by atoms with van der Waals surface area (Å²) >= 11 is 0. The number of aromatic hydroxyl groups is 1. The van der Waals surface area contributed by atoms with Crippen LogP contribution in [0.4, 0.5) is 0 Å². The van der Waals surface area contributed by atoms with Gasteiger partial charge in [0.15, 0.2) is 0 Å². The number of phenols is 1. The number of likely N-dealkylation sites (N-methyl/N-ethyl adjacent to an activating group) is 1. The molecule has 0 unspecified atom stereocenters. The number of benzene rings is 2. The van der Waals surface area contributed by atoms with E-state index >= 15 is 0 Å². The van der Waals surface area contributed by atoms with E-state index < -0.39 is 63.2 Å². The van der Waals surface area contributed by atoms with Gasteiger partial charge in [-0.2, -0.15) is 4.31 Å². The fourth-order valence-corrected chi connectivity index (χ4v) is 11.6. The molecular formula is C53H73N7O9S. The van der Waals surface area contributed by atoms with Crippen molar-refractivity contribution in [1.82, 2.24) is 29.5 Å². The maximum atomic E-state index is 14.8. The van der Waals surface area contributed by atoms with E-state index in [1.165, 1.54) is 26.7 Å². The lowest BCUT2D eigenvalue weighted by molar-refractivity contribution is -0.155. The first-order valence-electron chi connectivity index (χ1n) is 24.4. The number of ether oxygens (including phenoxy) is 2. The third kappa shape index (κ3) is 11.8. The molecule has 1 aromatic heterocycles. The number of phenolic OH excluding ortho intramolecular Hbond substituents is 1. The van der Waals surface area contributed by atoms with Gasteiger partial charge in [0, 0.05) is 80.3 Å². The van der Waals surface area contributed by atoms with Gasteiger partial charge in [-0.3, -0.25) is 29.2 Å². The van der Waals surface area contributed by atoms with Gasteiger partial charge in [-0.1, -0.05) is 58.1 Å². The number of fused-ring (bicyclic) bond motifs is 6. The Morgan fingerprint density at radius 2 is 1.83 bits per heavy atom. The van der Waals surface area contributed by atoms with Crippen molar-refractivity contribution in [3.05, 3.63) is 82.6 Å². The SMILES string of the molecule is C=C/C(=C(\N=CC)[C@H](C)OC)c1c2c3cc(ccc3n1CC)-c1cc(O)cc(c1)C[C@H](NC(=O)[C@H](C(C)C)N(C)C(=O)[C@H]1CCN(S(=O)(=O)C=C(C)C)C1)C(=O)N1CCC[C@H](N1)C(=O)OCC(C)(C)C2. The molecule has 3 aliphatic rings. The molecule has 3 N–H and O–H groups in total. The molecule has 17 heteroatoms. The first kappa shape index (κ1) is 53.7. The number of aliphatic imine (C=N–C) groups is 1. The number of carbonyl (C=O) groups excluding carboxylic acids is 4. The van der Waals surface area contributed by atoms with Crippen LogP contribution in [0.15, 0.2) is 70.7 Å². The highest BCUT2D eigenvalue weighted by atomic mass is 32.2. The Kier molecular flexibility index (Phi) is 17.0. The highest BCUT2D eigenvalue weighted by Crippen LogP contribution is 2.41. The minimum absolute atomic E-state index is 0.0141. The number of cyclic esters (lactones) is 1. The van der Waals surface area contributed by atoms with Crippen LogP contribution in [0.3, 0.4) is 0 Å². The summed E-state index contributed by atoms with van der Waals surface area (Å²) in [5, 5.41) is 17.8. The Hall–Kier alpha value is -5.62. The number of nitrogens with one attached hydrogen (secondary N) is 2. The molecule has 16 nitrogen and oxygen atoms in total. The fourth-order valence-electron chi connectivity index (χ4n) is 10.1. The Labute approximate surface area is 413 Å². The lowest BCUT2D eigenvalue weighted by Gasteiger charge is -2.37. The number of rotatable bonds is 13. The van der Waals surface area contributed by atoms with Crippen LogP contribution in [0.25, 0.3) is 27.6 Å². The molecule has 3 aromatic rings. The summed E-state index contributed by atoms with van der Waals surface area (Å²) < 4.78 is 41.4. The molecule has 6 rings (SSSR count). The number of amides is 3. The maximum Gasteiger partial charge on any atom is 0.324 e. The van der Waals surface area contributed by atoms with Crippen LogP contribution in [0.1, 0.15) is 98.4 Å². The van der Waals surface area contributed by atoms with Crippen molar-refractivity contribution in [3.8, 4) is 16.9 Å². The van der Waals surface area contributed by atoms with Crippen molar-refractivity contribution in [2.24, 2.45) is 22.2 Å². The summed E-state index contributed by atoms with van der Waals surface area (Å²) in [7, 11) is -0.547. The average Bonchev–Trinajstić information content (AvgIpc) is 3.93. The maximum absolute atomic E-state index is 14.8. The fraction of sp³-hybridized carbons (Fsp3) is 0.528. The molecule has 2 aromatic carbocycles. The number of sulfonamides is 1. The molecule has 6 bridgehead atoms. The summed E-state index contributed by atoms with van der Waals surface area (Å²) in [4.78, 5) is 63.6. The second-order valence-electron chi connectivity index (χ2n) is 20.2. The van der Waals surface area contributed by atoms with Crippen LogP contribution in [0.5, 0.6) is 5.75 Å². The summed E-state index contributed by atoms with van der Waals surface area (Å²) in [5.41, 5.74) is 9.58. The zero-order chi connectivity index (χ0) is 51.4. The van der Waals surface area contributed by atoms with E-state index in [4.69, 9.17) is 14.5 Å². The van der Waals surface area contributed by atoms with E-state index in [0.717, 1.165) is 33.3 Å². The zero-order valence-electron chi connectivity index (χ0n) is 42.8. The van der Waals surface area contributed by atoms with Crippen molar-refractivity contribution < 1.29 is 42.2 Å². The molecule has 5 atom stereocenters. The van der Waals surface area contributed by atoms with E-state index in [1.54, 1.807) is 53.2 Å². The minimum Gasteiger partial charge on any atom is -0.508 e. The predicted octanol–water partition coefficient (Wildman–Crippen LogP) is 6.76. The second kappa shape index (κ2) is 22.2. The highest BCUT2D eigenvalue weighted by molar-refractivity contribution is 7.92. The third-order valence-electron chi connectivity index (χ3n) is 13.5. The van der Waals surface area contributed by atoms with Crippen molar-refractivity contribution in [3.63, 3.8) is 0 Å². The van der Waals surface area contributed by atoms with Crippen LogP contribution >= 0.6 is 0 Å². The minimum atomic E-state index is -3.72. The molecule has 0 aliphatic carbocycles. The molecule has 2 fully saturated rings. The van der Waals surface area contributed by atoms with Gasteiger partial charge in [0.2, 0.25) is 21.8 Å². The molecule has 4 heterocycles. The molecule has 2 saturated heterocycles. The molecular weight excluding hydrogens is 911 g/mol. The van der Waals surface area contributed by atoms with Crippen molar-refractivity contribution >= 4 is 56.4 Å². The van der Waals surface area contributed by atoms with Gasteiger partial charge < -0.3 is 29.4 Å². The standard InChI is InChI=1S/C53H73N7O9S/c1-13-40(46(54-14-2)34(8)68-12)48-42-28-53(9,10)31-69-52(65)43-17-16-21-60(56-43)51(64)44(25-35-23-38(26-39(61)24-35)36-18-19-45(41(42)27-36)59(48)15-3)55-49(62)47(33(6)7)57(11)50(63)37-20-22-58(29-37)70(66,67)30-32(4)5/h13-14,18-19,23-24,26-27,30,33-34,37,43-44,47,56,61H,1,15-17,20-22,25,28-29,31H2,2-12H3,(H,55,62)/b46-40+,54-14?/t34-,37-,43-,44-,47-/m0/s1. The lowest BCUT2D eigenvalue weighted by Crippen LogP contribution is -2.62. The number of carbonyl (C=O) groups is 4. The summed E-state index contributed by atoms with van der Waals surface area (Å²) in [6.07, 6.45) is 4.83. The van der Waals surface area contributed by atoms with Gasteiger partial charge in [-0.25, -0.2) is 13.8 Å². The van der Waals surface area contributed by atoms with Crippen LogP contribution < -0.4 is 10.7 Å². The Morgan fingerprint density at radius 1 is 1.10 bits per heavy atom.